The summed E-state index contributed by atoms with van der Waals surface area (Å²) in [6, 6.07) is 2.14. The third kappa shape index (κ3) is 3.35. The minimum absolute atomic E-state index is 0.0470. The van der Waals surface area contributed by atoms with E-state index in [1.165, 1.54) is 0 Å². The fraction of sp³-hybridized carbons (Fsp3) is 0.571. The number of nitrogens with one attached hydrogen (secondary N) is 1. The van der Waals surface area contributed by atoms with Gasteiger partial charge in [-0.15, -0.1) is 0 Å². The monoisotopic (exact) mass is 270 g/mol. The second-order valence-corrected chi connectivity index (χ2v) is 5.62. The number of benzene rings is 1. The number of rotatable bonds is 3. The van der Waals surface area contributed by atoms with Gasteiger partial charge < -0.3 is 16.2 Å². The van der Waals surface area contributed by atoms with Crippen molar-refractivity contribution in [3.63, 3.8) is 0 Å². The lowest BCUT2D eigenvalue weighted by Gasteiger charge is -2.35. The van der Waals surface area contributed by atoms with Crippen LogP contribution in [0.4, 0.5) is 20.2 Å². The first-order valence-corrected chi connectivity index (χ1v) is 6.60. The smallest absolute Gasteiger partial charge is 0.151 e. The van der Waals surface area contributed by atoms with Crippen LogP contribution in [0.5, 0.6) is 0 Å². The van der Waals surface area contributed by atoms with Gasteiger partial charge in [0.1, 0.15) is 5.69 Å². The van der Waals surface area contributed by atoms with Crippen molar-refractivity contribution in [2.45, 2.75) is 38.2 Å². The third-order valence-corrected chi connectivity index (χ3v) is 3.86. The molecule has 0 spiro atoms. The molecule has 1 saturated carbocycles. The SMILES string of the molecule is CC1CCC(O)(CNc2c(F)cc(N)cc2F)CC1. The number of hydrogen-bond donors (Lipinski definition) is 3. The first-order chi connectivity index (χ1) is 8.89. The molecular formula is C14H20F2N2O. The van der Waals surface area contributed by atoms with Crippen molar-refractivity contribution in [1.29, 1.82) is 0 Å². The Labute approximate surface area is 111 Å². The van der Waals surface area contributed by atoms with E-state index in [1.807, 2.05) is 0 Å². The topological polar surface area (TPSA) is 58.3 Å². The summed E-state index contributed by atoms with van der Waals surface area (Å²) < 4.78 is 27.2. The van der Waals surface area contributed by atoms with Gasteiger partial charge in [-0.2, -0.15) is 0 Å². The highest BCUT2D eigenvalue weighted by Crippen LogP contribution is 2.32. The minimum Gasteiger partial charge on any atom is -0.399 e. The zero-order chi connectivity index (χ0) is 14.0. The second kappa shape index (κ2) is 5.33. The molecule has 1 fully saturated rings. The van der Waals surface area contributed by atoms with Gasteiger partial charge in [-0.05, 0) is 43.7 Å². The molecule has 0 atom stereocenters. The van der Waals surface area contributed by atoms with Gasteiger partial charge in [0.2, 0.25) is 0 Å². The maximum Gasteiger partial charge on any atom is 0.151 e. The molecule has 0 bridgehead atoms. The van der Waals surface area contributed by atoms with Crippen molar-refractivity contribution in [3.05, 3.63) is 23.8 Å². The number of halogens is 2. The first-order valence-electron chi connectivity index (χ1n) is 6.60. The summed E-state index contributed by atoms with van der Waals surface area (Å²) in [6.07, 6.45) is 3.18. The van der Waals surface area contributed by atoms with Crippen LogP contribution < -0.4 is 11.1 Å². The van der Waals surface area contributed by atoms with Gasteiger partial charge in [-0.25, -0.2) is 8.78 Å². The van der Waals surface area contributed by atoms with E-state index in [4.69, 9.17) is 5.73 Å². The molecule has 0 unspecified atom stereocenters. The van der Waals surface area contributed by atoms with Crippen LogP contribution in [0.15, 0.2) is 12.1 Å². The molecular weight excluding hydrogens is 250 g/mol. The molecule has 1 aromatic rings. The molecule has 5 heteroatoms. The van der Waals surface area contributed by atoms with E-state index in [0.717, 1.165) is 25.0 Å². The normalized spacial score (nSPS) is 27.3. The van der Waals surface area contributed by atoms with Crippen LogP contribution in [0.25, 0.3) is 0 Å². The summed E-state index contributed by atoms with van der Waals surface area (Å²) in [5.41, 5.74) is 4.30. The molecule has 0 aliphatic heterocycles. The van der Waals surface area contributed by atoms with Crippen molar-refractivity contribution in [3.8, 4) is 0 Å². The molecule has 3 nitrogen and oxygen atoms in total. The molecule has 0 aromatic heterocycles. The van der Waals surface area contributed by atoms with Crippen molar-refractivity contribution < 1.29 is 13.9 Å². The number of nitrogens with two attached hydrogens (primary N) is 1. The molecule has 4 N–H and O–H groups in total. The molecule has 0 amide bonds. The second-order valence-electron chi connectivity index (χ2n) is 5.62. The average Bonchev–Trinajstić information content (AvgIpc) is 2.32. The highest BCUT2D eigenvalue weighted by Gasteiger charge is 2.32. The first kappa shape index (κ1) is 14.1. The maximum absolute atomic E-state index is 13.6. The highest BCUT2D eigenvalue weighted by atomic mass is 19.1. The van der Waals surface area contributed by atoms with Gasteiger partial charge in [-0.1, -0.05) is 6.92 Å². The predicted octanol–water partition coefficient (Wildman–Crippen LogP) is 2.90. The van der Waals surface area contributed by atoms with E-state index in [9.17, 15) is 13.9 Å². The summed E-state index contributed by atoms with van der Waals surface area (Å²) in [4.78, 5) is 0. The summed E-state index contributed by atoms with van der Waals surface area (Å²) in [6.45, 7) is 2.30. The minimum atomic E-state index is -0.882. The van der Waals surface area contributed by atoms with Crippen molar-refractivity contribution >= 4 is 11.4 Å². The van der Waals surface area contributed by atoms with Gasteiger partial charge in [-0.3, -0.25) is 0 Å². The number of hydrogen-bond acceptors (Lipinski definition) is 3. The summed E-state index contributed by atoms with van der Waals surface area (Å²) in [5.74, 6) is -0.860. The van der Waals surface area contributed by atoms with Crippen molar-refractivity contribution in [2.24, 2.45) is 5.92 Å². The van der Waals surface area contributed by atoms with Crippen molar-refractivity contribution in [2.75, 3.05) is 17.6 Å². The molecule has 106 valence electrons. The Morgan fingerprint density at radius 2 is 1.84 bits per heavy atom. The quantitative estimate of drug-likeness (QED) is 0.740. The Bertz CT molecular complexity index is 434. The number of anilines is 2. The Balaban J connectivity index is 2.03. The van der Waals surface area contributed by atoms with Crippen LogP contribution in [0.2, 0.25) is 0 Å². The molecule has 1 aliphatic rings. The molecule has 1 aromatic carbocycles. The lowest BCUT2D eigenvalue weighted by molar-refractivity contribution is 0.00492. The maximum atomic E-state index is 13.6. The zero-order valence-electron chi connectivity index (χ0n) is 11.0. The van der Waals surface area contributed by atoms with Crippen LogP contribution in [0, 0.1) is 17.6 Å². The third-order valence-electron chi connectivity index (χ3n) is 3.86. The standard InChI is InChI=1S/C14H20F2N2O/c1-9-2-4-14(19,5-3-9)8-18-13-11(15)6-10(17)7-12(13)16/h6-7,9,18-19H,2-5,8,17H2,1H3. The summed E-state index contributed by atoms with van der Waals surface area (Å²) in [7, 11) is 0. The molecule has 19 heavy (non-hydrogen) atoms. The average molecular weight is 270 g/mol. The van der Waals surface area contributed by atoms with Crippen LogP contribution in [0.3, 0.4) is 0 Å². The van der Waals surface area contributed by atoms with E-state index in [0.29, 0.717) is 18.8 Å². The molecule has 0 saturated heterocycles. The van der Waals surface area contributed by atoms with Gasteiger partial charge in [0, 0.05) is 12.2 Å². The lowest BCUT2D eigenvalue weighted by Crippen LogP contribution is -2.40. The molecule has 1 aliphatic carbocycles. The van der Waals surface area contributed by atoms with Gasteiger partial charge in [0.25, 0.3) is 0 Å². The van der Waals surface area contributed by atoms with E-state index < -0.39 is 17.2 Å². The highest BCUT2D eigenvalue weighted by molar-refractivity contribution is 5.54. The van der Waals surface area contributed by atoms with Crippen LogP contribution >= 0.6 is 0 Å². The lowest BCUT2D eigenvalue weighted by atomic mass is 9.79. The Hall–Kier alpha value is -1.36. The van der Waals surface area contributed by atoms with Crippen LogP contribution in [0.1, 0.15) is 32.6 Å². The Kier molecular flexibility index (Phi) is 3.94. The Morgan fingerprint density at radius 3 is 2.37 bits per heavy atom. The summed E-state index contributed by atoms with van der Waals surface area (Å²) in [5, 5.41) is 13.0. The number of aliphatic hydroxyl groups is 1. The van der Waals surface area contributed by atoms with Crippen LogP contribution in [-0.2, 0) is 0 Å². The van der Waals surface area contributed by atoms with Crippen LogP contribution in [-0.4, -0.2) is 17.3 Å². The van der Waals surface area contributed by atoms with E-state index in [2.05, 4.69) is 12.2 Å². The number of nitrogen functional groups attached to an aromatic ring is 1. The van der Waals surface area contributed by atoms with E-state index >= 15 is 0 Å². The summed E-state index contributed by atoms with van der Waals surface area (Å²) >= 11 is 0. The van der Waals surface area contributed by atoms with Gasteiger partial charge in [0.05, 0.1) is 5.60 Å². The molecule has 2 rings (SSSR count). The van der Waals surface area contributed by atoms with Crippen molar-refractivity contribution in [1.82, 2.24) is 0 Å². The zero-order valence-corrected chi connectivity index (χ0v) is 11.0. The molecule has 0 radical (unpaired) electrons. The fourth-order valence-electron chi connectivity index (χ4n) is 2.49. The van der Waals surface area contributed by atoms with E-state index in [-0.39, 0.29) is 17.9 Å². The largest absolute Gasteiger partial charge is 0.399 e. The van der Waals surface area contributed by atoms with Gasteiger partial charge >= 0.3 is 0 Å². The predicted molar refractivity (Wildman–Crippen MR) is 71.8 cm³/mol. The van der Waals surface area contributed by atoms with E-state index in [1.54, 1.807) is 0 Å². The Morgan fingerprint density at radius 1 is 1.32 bits per heavy atom. The molecule has 0 heterocycles. The fourth-order valence-corrected chi connectivity index (χ4v) is 2.49. The van der Waals surface area contributed by atoms with Gasteiger partial charge in [0.15, 0.2) is 11.6 Å².